The molecular weight excluding hydrogens is 276 g/mol. The highest BCUT2D eigenvalue weighted by Crippen LogP contribution is 1.99. The smallest absolute Gasteiger partial charge is 0.191 e. The summed E-state index contributed by atoms with van der Waals surface area (Å²) in [5.74, 6) is 0.876. The molecule has 0 amide bonds. The van der Waals surface area contributed by atoms with Gasteiger partial charge >= 0.3 is 0 Å². The average Bonchev–Trinajstić information content (AvgIpc) is 2.89. The lowest BCUT2D eigenvalue weighted by Crippen LogP contribution is -2.38. The molecule has 0 saturated heterocycles. The summed E-state index contributed by atoms with van der Waals surface area (Å²) < 4.78 is 1.86. The Balaban J connectivity index is 2.30. The van der Waals surface area contributed by atoms with Crippen LogP contribution in [0.2, 0.25) is 0 Å². The van der Waals surface area contributed by atoms with Crippen LogP contribution in [0.3, 0.4) is 0 Å². The van der Waals surface area contributed by atoms with E-state index in [-0.39, 0.29) is 0 Å². The molecule has 2 N–H and O–H groups in total. The predicted octanol–water partition coefficient (Wildman–Crippen LogP) is 1.60. The first-order chi connectivity index (χ1) is 10.5. The number of nitrogens with one attached hydrogen (secondary N) is 2. The fourth-order valence-electron chi connectivity index (χ4n) is 2.01. The van der Waals surface area contributed by atoms with Crippen molar-refractivity contribution in [2.75, 3.05) is 26.7 Å². The number of aromatic nitrogens is 2. The van der Waals surface area contributed by atoms with Crippen LogP contribution >= 0.6 is 0 Å². The normalized spacial score (nSPS) is 12.2. The third-order valence-electron chi connectivity index (χ3n) is 3.78. The van der Waals surface area contributed by atoms with Gasteiger partial charge in [0.1, 0.15) is 0 Å². The minimum Gasteiger partial charge on any atom is -0.357 e. The van der Waals surface area contributed by atoms with E-state index in [1.165, 1.54) is 6.42 Å². The van der Waals surface area contributed by atoms with Crippen LogP contribution in [-0.2, 0) is 13.6 Å². The van der Waals surface area contributed by atoms with E-state index >= 15 is 0 Å². The maximum atomic E-state index is 4.60. The average molecular weight is 308 g/mol. The van der Waals surface area contributed by atoms with Crippen LogP contribution in [0, 0.1) is 0 Å². The molecule has 1 aromatic heterocycles. The molecule has 0 spiro atoms. The molecule has 0 unspecified atom stereocenters. The standard InChI is InChI=1S/C16H32N6/c1-6-17-16(19-13-15-9-11-20-22(15)5)18-10-7-8-12-21(4)14(2)3/h9,11,14H,6-8,10,12-13H2,1-5H3,(H2,17,18,19). The van der Waals surface area contributed by atoms with E-state index in [2.05, 4.69) is 53.4 Å². The molecular formula is C16H32N6. The van der Waals surface area contributed by atoms with Crippen LogP contribution in [0.5, 0.6) is 0 Å². The van der Waals surface area contributed by atoms with Gasteiger partial charge in [-0.25, -0.2) is 4.99 Å². The van der Waals surface area contributed by atoms with Crippen molar-refractivity contribution in [3.63, 3.8) is 0 Å². The number of guanidine groups is 1. The summed E-state index contributed by atoms with van der Waals surface area (Å²) in [6.45, 7) is 10.1. The van der Waals surface area contributed by atoms with Crippen LogP contribution in [0.1, 0.15) is 39.3 Å². The van der Waals surface area contributed by atoms with Crippen molar-refractivity contribution in [1.82, 2.24) is 25.3 Å². The van der Waals surface area contributed by atoms with Crippen molar-refractivity contribution in [2.45, 2.75) is 46.2 Å². The summed E-state index contributed by atoms with van der Waals surface area (Å²) in [5, 5.41) is 10.8. The van der Waals surface area contributed by atoms with Gasteiger partial charge in [-0.15, -0.1) is 0 Å². The third-order valence-corrected chi connectivity index (χ3v) is 3.78. The quantitative estimate of drug-likeness (QED) is 0.413. The van der Waals surface area contributed by atoms with Gasteiger partial charge in [-0.3, -0.25) is 4.68 Å². The Morgan fingerprint density at radius 3 is 2.73 bits per heavy atom. The summed E-state index contributed by atoms with van der Waals surface area (Å²) in [5.41, 5.74) is 1.11. The van der Waals surface area contributed by atoms with Gasteiger partial charge in [0.2, 0.25) is 0 Å². The highest BCUT2D eigenvalue weighted by atomic mass is 15.3. The van der Waals surface area contributed by atoms with E-state index in [9.17, 15) is 0 Å². The van der Waals surface area contributed by atoms with E-state index in [0.29, 0.717) is 12.6 Å². The molecule has 6 heteroatoms. The lowest BCUT2D eigenvalue weighted by atomic mass is 10.2. The second-order valence-corrected chi connectivity index (χ2v) is 5.85. The van der Waals surface area contributed by atoms with E-state index in [1.807, 2.05) is 17.8 Å². The van der Waals surface area contributed by atoms with Crippen molar-refractivity contribution >= 4 is 5.96 Å². The lowest BCUT2D eigenvalue weighted by Gasteiger charge is -2.20. The number of aryl methyl sites for hydroxylation is 1. The SMILES string of the molecule is CCNC(=NCc1ccnn1C)NCCCCN(C)C(C)C. The number of hydrogen-bond donors (Lipinski definition) is 2. The Hall–Kier alpha value is -1.56. The fourth-order valence-corrected chi connectivity index (χ4v) is 2.01. The Bertz CT molecular complexity index is 438. The summed E-state index contributed by atoms with van der Waals surface area (Å²) in [4.78, 5) is 6.98. The summed E-state index contributed by atoms with van der Waals surface area (Å²) in [6, 6.07) is 2.61. The Labute approximate surface area is 135 Å². The highest BCUT2D eigenvalue weighted by molar-refractivity contribution is 5.79. The second-order valence-electron chi connectivity index (χ2n) is 5.85. The molecule has 0 aliphatic carbocycles. The summed E-state index contributed by atoms with van der Waals surface area (Å²) in [6.07, 6.45) is 4.15. The van der Waals surface area contributed by atoms with Crippen molar-refractivity contribution in [1.29, 1.82) is 0 Å². The van der Waals surface area contributed by atoms with E-state index in [0.717, 1.165) is 37.7 Å². The van der Waals surface area contributed by atoms with Gasteiger partial charge in [0.05, 0.1) is 12.2 Å². The topological polar surface area (TPSA) is 57.5 Å². The molecule has 0 bridgehead atoms. The Morgan fingerprint density at radius 2 is 2.14 bits per heavy atom. The number of hydrogen-bond acceptors (Lipinski definition) is 3. The monoisotopic (exact) mass is 308 g/mol. The van der Waals surface area contributed by atoms with E-state index in [4.69, 9.17) is 0 Å². The molecule has 0 radical (unpaired) electrons. The number of aliphatic imine (C=N–C) groups is 1. The fraction of sp³-hybridized carbons (Fsp3) is 0.750. The third kappa shape index (κ3) is 6.93. The summed E-state index contributed by atoms with van der Waals surface area (Å²) >= 11 is 0. The van der Waals surface area contributed by atoms with Crippen LogP contribution < -0.4 is 10.6 Å². The molecule has 1 rings (SSSR count). The first-order valence-corrected chi connectivity index (χ1v) is 8.23. The van der Waals surface area contributed by atoms with Crippen molar-refractivity contribution in [3.8, 4) is 0 Å². The molecule has 1 heterocycles. The van der Waals surface area contributed by atoms with E-state index in [1.54, 1.807) is 6.20 Å². The molecule has 1 aromatic rings. The van der Waals surface area contributed by atoms with Gasteiger partial charge in [-0.1, -0.05) is 0 Å². The van der Waals surface area contributed by atoms with Crippen molar-refractivity contribution < 1.29 is 0 Å². The van der Waals surface area contributed by atoms with Gasteiger partial charge in [0.15, 0.2) is 5.96 Å². The Morgan fingerprint density at radius 1 is 1.36 bits per heavy atom. The van der Waals surface area contributed by atoms with Gasteiger partial charge in [-0.2, -0.15) is 5.10 Å². The molecule has 0 aromatic carbocycles. The van der Waals surface area contributed by atoms with E-state index < -0.39 is 0 Å². The maximum Gasteiger partial charge on any atom is 0.191 e. The molecule has 0 aliphatic heterocycles. The van der Waals surface area contributed by atoms with Crippen LogP contribution in [0.25, 0.3) is 0 Å². The van der Waals surface area contributed by atoms with Crippen LogP contribution in [-0.4, -0.2) is 53.4 Å². The maximum absolute atomic E-state index is 4.60. The molecule has 0 saturated carbocycles. The second kappa shape index (κ2) is 10.2. The van der Waals surface area contributed by atoms with Gasteiger partial charge in [0.25, 0.3) is 0 Å². The highest BCUT2D eigenvalue weighted by Gasteiger charge is 2.03. The Kier molecular flexibility index (Phi) is 8.58. The molecule has 6 nitrogen and oxygen atoms in total. The van der Waals surface area contributed by atoms with Gasteiger partial charge in [0, 0.05) is 32.4 Å². The number of rotatable bonds is 9. The molecule has 22 heavy (non-hydrogen) atoms. The first-order valence-electron chi connectivity index (χ1n) is 8.23. The molecule has 0 fully saturated rings. The minimum atomic E-state index is 0.616. The van der Waals surface area contributed by atoms with Crippen molar-refractivity contribution in [3.05, 3.63) is 18.0 Å². The first kappa shape index (κ1) is 18.5. The largest absolute Gasteiger partial charge is 0.357 e. The molecule has 0 aliphatic rings. The van der Waals surface area contributed by atoms with Crippen LogP contribution in [0.15, 0.2) is 17.3 Å². The van der Waals surface area contributed by atoms with Gasteiger partial charge in [-0.05, 0) is 53.3 Å². The summed E-state index contributed by atoms with van der Waals surface area (Å²) in [7, 11) is 4.12. The van der Waals surface area contributed by atoms with Crippen LogP contribution in [0.4, 0.5) is 0 Å². The molecule has 0 atom stereocenters. The zero-order valence-electron chi connectivity index (χ0n) is 14.8. The zero-order chi connectivity index (χ0) is 16.4. The zero-order valence-corrected chi connectivity index (χ0v) is 14.8. The van der Waals surface area contributed by atoms with Crippen molar-refractivity contribution in [2.24, 2.45) is 12.0 Å². The lowest BCUT2D eigenvalue weighted by molar-refractivity contribution is 0.268. The predicted molar refractivity (Wildman–Crippen MR) is 93.0 cm³/mol. The minimum absolute atomic E-state index is 0.616. The van der Waals surface area contributed by atoms with Gasteiger partial charge < -0.3 is 15.5 Å². The number of unbranched alkanes of at least 4 members (excludes halogenated alkanes) is 1. The molecule has 126 valence electrons. The number of nitrogens with zero attached hydrogens (tertiary/aromatic N) is 4.